The summed E-state index contributed by atoms with van der Waals surface area (Å²) in [5.41, 5.74) is 0.972. The Bertz CT molecular complexity index is 644. The molecule has 0 aliphatic rings. The van der Waals surface area contributed by atoms with Gasteiger partial charge in [-0.05, 0) is 18.9 Å². The van der Waals surface area contributed by atoms with E-state index in [1.165, 1.54) is 4.90 Å². The number of nitrogens with one attached hydrogen (secondary N) is 1. The molecular formula is C15H17N5O. The van der Waals surface area contributed by atoms with Gasteiger partial charge in [0, 0.05) is 7.05 Å². The van der Waals surface area contributed by atoms with Crippen molar-refractivity contribution < 1.29 is 4.79 Å². The zero-order valence-electron chi connectivity index (χ0n) is 12.1. The number of aryl methyl sites for hydroxylation is 1. The van der Waals surface area contributed by atoms with Crippen LogP contribution in [0.15, 0.2) is 30.3 Å². The summed E-state index contributed by atoms with van der Waals surface area (Å²) < 4.78 is 0. The number of rotatable bonds is 5. The maximum Gasteiger partial charge on any atom is 0.240 e. The first kappa shape index (κ1) is 14.7. The van der Waals surface area contributed by atoms with Crippen LogP contribution in [0.3, 0.4) is 0 Å². The van der Waals surface area contributed by atoms with Gasteiger partial charge in [-0.25, -0.2) is 4.98 Å². The van der Waals surface area contributed by atoms with Gasteiger partial charge in [-0.2, -0.15) is 10.4 Å². The molecule has 1 unspecified atom stereocenters. The molecule has 0 saturated carbocycles. The van der Waals surface area contributed by atoms with Gasteiger partial charge in [-0.1, -0.05) is 30.3 Å². The van der Waals surface area contributed by atoms with Gasteiger partial charge in [0.05, 0.1) is 12.6 Å². The van der Waals surface area contributed by atoms with Crippen molar-refractivity contribution in [1.29, 1.82) is 5.26 Å². The largest absolute Gasteiger partial charge is 0.337 e. The second-order valence-electron chi connectivity index (χ2n) is 4.90. The summed E-state index contributed by atoms with van der Waals surface area (Å²) in [5, 5.41) is 16.0. The molecule has 108 valence electrons. The fourth-order valence-corrected chi connectivity index (χ4v) is 2.05. The molecule has 1 amide bonds. The Morgan fingerprint density at radius 3 is 2.71 bits per heavy atom. The maximum atomic E-state index is 12.3. The van der Waals surface area contributed by atoms with E-state index < -0.39 is 5.92 Å². The van der Waals surface area contributed by atoms with Crippen molar-refractivity contribution in [1.82, 2.24) is 20.1 Å². The van der Waals surface area contributed by atoms with Gasteiger partial charge >= 0.3 is 0 Å². The summed E-state index contributed by atoms with van der Waals surface area (Å²) >= 11 is 0. The monoisotopic (exact) mass is 283 g/mol. The molecule has 1 aromatic heterocycles. The van der Waals surface area contributed by atoms with Gasteiger partial charge < -0.3 is 4.90 Å². The number of carbonyl (C=O) groups is 1. The summed E-state index contributed by atoms with van der Waals surface area (Å²) in [6.07, 6.45) is 0.410. The third-order valence-electron chi connectivity index (χ3n) is 3.13. The lowest BCUT2D eigenvalue weighted by Gasteiger charge is -2.18. The van der Waals surface area contributed by atoms with E-state index in [0.717, 1.165) is 5.56 Å². The van der Waals surface area contributed by atoms with E-state index in [0.29, 0.717) is 18.1 Å². The number of aromatic nitrogens is 3. The lowest BCUT2D eigenvalue weighted by atomic mass is 9.99. The highest BCUT2D eigenvalue weighted by Gasteiger charge is 2.23. The third kappa shape index (κ3) is 3.89. The zero-order valence-corrected chi connectivity index (χ0v) is 12.1. The molecule has 0 aliphatic heterocycles. The lowest BCUT2D eigenvalue weighted by Crippen LogP contribution is -2.33. The fraction of sp³-hybridized carbons (Fsp3) is 0.333. The van der Waals surface area contributed by atoms with Crippen LogP contribution in [0.1, 0.15) is 17.2 Å². The van der Waals surface area contributed by atoms with Crippen molar-refractivity contribution in [2.24, 2.45) is 5.92 Å². The van der Waals surface area contributed by atoms with E-state index in [9.17, 15) is 10.1 Å². The smallest absolute Gasteiger partial charge is 0.240 e. The van der Waals surface area contributed by atoms with Crippen molar-refractivity contribution in [3.8, 4) is 6.07 Å². The zero-order chi connectivity index (χ0) is 15.2. The Labute approximate surface area is 123 Å². The van der Waals surface area contributed by atoms with Crippen molar-refractivity contribution in [2.75, 3.05) is 7.05 Å². The molecule has 1 aromatic carbocycles. The molecule has 0 bridgehead atoms. The first-order valence-electron chi connectivity index (χ1n) is 6.66. The molecule has 0 spiro atoms. The predicted molar refractivity (Wildman–Crippen MR) is 76.8 cm³/mol. The molecule has 6 heteroatoms. The molecule has 2 aromatic rings. The normalized spacial score (nSPS) is 11.7. The number of nitrogens with zero attached hydrogens (tertiary/aromatic N) is 4. The molecular weight excluding hydrogens is 266 g/mol. The third-order valence-corrected chi connectivity index (χ3v) is 3.13. The molecule has 0 aliphatic carbocycles. The van der Waals surface area contributed by atoms with Gasteiger partial charge in [0.1, 0.15) is 11.7 Å². The number of H-pyrrole nitrogens is 1. The van der Waals surface area contributed by atoms with Crippen molar-refractivity contribution >= 4 is 5.91 Å². The minimum Gasteiger partial charge on any atom is -0.337 e. The van der Waals surface area contributed by atoms with Gasteiger partial charge in [0.2, 0.25) is 5.91 Å². The van der Waals surface area contributed by atoms with Crippen LogP contribution < -0.4 is 0 Å². The van der Waals surface area contributed by atoms with Crippen LogP contribution in [0.25, 0.3) is 0 Å². The number of benzene rings is 1. The summed E-state index contributed by atoms with van der Waals surface area (Å²) in [5.74, 6) is 0.327. The molecule has 6 nitrogen and oxygen atoms in total. The summed E-state index contributed by atoms with van der Waals surface area (Å²) in [7, 11) is 1.66. The Morgan fingerprint density at radius 2 is 2.14 bits per heavy atom. The minimum atomic E-state index is -0.697. The average Bonchev–Trinajstić information content (AvgIpc) is 2.90. The SMILES string of the molecule is Cc1nc(CN(C)C(=O)C(C#N)Cc2ccccc2)n[nH]1. The minimum absolute atomic E-state index is 0.219. The highest BCUT2D eigenvalue weighted by atomic mass is 16.2. The van der Waals surface area contributed by atoms with Crippen LogP contribution in [-0.4, -0.2) is 33.0 Å². The highest BCUT2D eigenvalue weighted by molar-refractivity contribution is 5.81. The van der Waals surface area contributed by atoms with Gasteiger partial charge in [0.15, 0.2) is 5.82 Å². The topological polar surface area (TPSA) is 85.7 Å². The van der Waals surface area contributed by atoms with Crippen LogP contribution in [0.2, 0.25) is 0 Å². The maximum absolute atomic E-state index is 12.3. The molecule has 1 atom stereocenters. The number of hydrogen-bond donors (Lipinski definition) is 1. The number of carbonyl (C=O) groups excluding carboxylic acids is 1. The Hall–Kier alpha value is -2.68. The summed E-state index contributed by atoms with van der Waals surface area (Å²) in [4.78, 5) is 18.0. The Kier molecular flexibility index (Phi) is 4.67. The van der Waals surface area contributed by atoms with Gasteiger partial charge in [-0.3, -0.25) is 9.89 Å². The van der Waals surface area contributed by atoms with E-state index in [4.69, 9.17) is 0 Å². The summed E-state index contributed by atoms with van der Waals surface area (Å²) in [6, 6.07) is 11.6. The first-order valence-corrected chi connectivity index (χ1v) is 6.66. The van der Waals surface area contributed by atoms with Crippen LogP contribution in [0.5, 0.6) is 0 Å². The number of amides is 1. The number of hydrogen-bond acceptors (Lipinski definition) is 4. The van der Waals surface area contributed by atoms with Gasteiger partial charge in [-0.15, -0.1) is 0 Å². The van der Waals surface area contributed by atoms with Crippen molar-refractivity contribution in [2.45, 2.75) is 19.9 Å². The van der Waals surface area contributed by atoms with E-state index in [2.05, 4.69) is 21.3 Å². The molecule has 1 heterocycles. The Morgan fingerprint density at radius 1 is 1.43 bits per heavy atom. The first-order chi connectivity index (χ1) is 10.1. The van der Waals surface area contributed by atoms with Crippen LogP contribution in [0.4, 0.5) is 0 Å². The predicted octanol–water partition coefficient (Wildman–Crippen LogP) is 1.45. The second-order valence-corrected chi connectivity index (χ2v) is 4.90. The average molecular weight is 283 g/mol. The molecule has 0 saturated heterocycles. The van der Waals surface area contributed by atoms with E-state index >= 15 is 0 Å². The fourth-order valence-electron chi connectivity index (χ4n) is 2.05. The van der Waals surface area contributed by atoms with E-state index in [-0.39, 0.29) is 12.5 Å². The second kappa shape index (κ2) is 6.66. The van der Waals surface area contributed by atoms with E-state index in [1.807, 2.05) is 30.3 Å². The standard InChI is InChI=1S/C15H17N5O/c1-11-17-14(19-18-11)10-20(2)15(21)13(9-16)8-12-6-4-3-5-7-12/h3-7,13H,8,10H2,1-2H3,(H,17,18,19). The molecule has 0 radical (unpaired) electrons. The number of nitriles is 1. The number of aromatic amines is 1. The summed E-state index contributed by atoms with van der Waals surface area (Å²) in [6.45, 7) is 2.09. The van der Waals surface area contributed by atoms with Gasteiger partial charge in [0.25, 0.3) is 0 Å². The molecule has 21 heavy (non-hydrogen) atoms. The Balaban J connectivity index is 2.01. The highest BCUT2D eigenvalue weighted by Crippen LogP contribution is 2.11. The molecule has 0 fully saturated rings. The van der Waals surface area contributed by atoms with Crippen molar-refractivity contribution in [3.63, 3.8) is 0 Å². The van der Waals surface area contributed by atoms with Crippen LogP contribution >= 0.6 is 0 Å². The quantitative estimate of drug-likeness (QED) is 0.900. The molecule has 1 N–H and O–H groups in total. The lowest BCUT2D eigenvalue weighted by molar-refractivity contribution is -0.133. The van der Waals surface area contributed by atoms with Crippen LogP contribution in [0, 0.1) is 24.2 Å². The van der Waals surface area contributed by atoms with E-state index in [1.54, 1.807) is 14.0 Å². The molecule has 2 rings (SSSR count). The van der Waals surface area contributed by atoms with Crippen LogP contribution in [-0.2, 0) is 17.8 Å². The van der Waals surface area contributed by atoms with Crippen molar-refractivity contribution in [3.05, 3.63) is 47.5 Å².